The number of fused-ring (bicyclic) bond motifs is 1. The Morgan fingerprint density at radius 1 is 1.24 bits per heavy atom. The zero-order valence-electron chi connectivity index (χ0n) is 14.9. The van der Waals surface area contributed by atoms with Crippen LogP contribution in [0, 0.1) is 19.8 Å². The van der Waals surface area contributed by atoms with Crippen molar-refractivity contribution in [2.75, 3.05) is 5.32 Å². The molecule has 0 spiro atoms. The van der Waals surface area contributed by atoms with Crippen molar-refractivity contribution >= 4 is 17.6 Å². The summed E-state index contributed by atoms with van der Waals surface area (Å²) in [5.41, 5.74) is 2.42. The molecule has 1 atom stereocenters. The van der Waals surface area contributed by atoms with Crippen molar-refractivity contribution in [2.45, 2.75) is 40.3 Å². The van der Waals surface area contributed by atoms with Crippen LogP contribution in [0.25, 0.3) is 0 Å². The first-order chi connectivity index (χ1) is 11.9. The molecule has 1 aliphatic heterocycles. The van der Waals surface area contributed by atoms with E-state index in [9.17, 15) is 9.59 Å². The quantitative estimate of drug-likeness (QED) is 0.930. The molecule has 1 N–H and O–H groups in total. The Kier molecular flexibility index (Phi) is 4.53. The number of aryl methyl sites for hydroxylation is 2. The number of carbonyl (C=O) groups excluding carboxylic acids is 2. The van der Waals surface area contributed by atoms with E-state index in [2.05, 4.69) is 15.3 Å². The van der Waals surface area contributed by atoms with Crippen LogP contribution in [0.5, 0.6) is 0 Å². The van der Waals surface area contributed by atoms with E-state index in [4.69, 9.17) is 0 Å². The van der Waals surface area contributed by atoms with Gasteiger partial charge >= 0.3 is 0 Å². The molecule has 6 heteroatoms. The molecule has 130 valence electrons. The van der Waals surface area contributed by atoms with Gasteiger partial charge in [0, 0.05) is 23.9 Å². The number of benzene rings is 1. The van der Waals surface area contributed by atoms with E-state index in [0.717, 1.165) is 11.1 Å². The van der Waals surface area contributed by atoms with Crippen molar-refractivity contribution in [3.05, 3.63) is 53.0 Å². The summed E-state index contributed by atoms with van der Waals surface area (Å²) >= 11 is 0. The second-order valence-corrected chi connectivity index (χ2v) is 6.72. The average molecular weight is 338 g/mol. The number of nitrogens with zero attached hydrogens (tertiary/aromatic N) is 3. The first kappa shape index (κ1) is 17.1. The highest BCUT2D eigenvalue weighted by Crippen LogP contribution is 2.27. The van der Waals surface area contributed by atoms with Gasteiger partial charge in [-0.3, -0.25) is 9.59 Å². The number of hydrogen-bond donors (Lipinski definition) is 1. The fourth-order valence-electron chi connectivity index (χ4n) is 3.15. The lowest BCUT2D eigenvalue weighted by Crippen LogP contribution is -2.47. The smallest absolute Gasteiger partial charge is 0.255 e. The maximum Gasteiger partial charge on any atom is 0.255 e. The van der Waals surface area contributed by atoms with Crippen LogP contribution in [-0.4, -0.2) is 32.7 Å². The minimum atomic E-state index is -0.561. The van der Waals surface area contributed by atoms with E-state index < -0.39 is 6.04 Å². The van der Waals surface area contributed by atoms with Gasteiger partial charge in [-0.05, 0) is 31.4 Å². The number of nitrogens with one attached hydrogen (secondary N) is 1. The zero-order chi connectivity index (χ0) is 18.1. The van der Waals surface area contributed by atoms with E-state index in [1.165, 1.54) is 0 Å². The standard InChI is InChI=1S/C19H22N4O2/c1-11(2)16(18(24)22-17-12(3)9-20-13(4)21-17)23-10-14-7-5-6-8-15(14)19(23)25/h5-9,11,16H,10H2,1-4H3,(H,20,21,22,24)/t16-/m1/s1. The fraction of sp³-hybridized carbons (Fsp3) is 0.368. The summed E-state index contributed by atoms with van der Waals surface area (Å²) in [6, 6.07) is 6.94. The Balaban J connectivity index is 1.86. The van der Waals surface area contributed by atoms with Crippen molar-refractivity contribution in [3.63, 3.8) is 0 Å². The Labute approximate surface area is 147 Å². The molecular weight excluding hydrogens is 316 g/mol. The van der Waals surface area contributed by atoms with Crippen LogP contribution in [0.1, 0.15) is 41.2 Å². The van der Waals surface area contributed by atoms with Crippen molar-refractivity contribution in [3.8, 4) is 0 Å². The molecule has 0 unspecified atom stereocenters. The van der Waals surface area contributed by atoms with Gasteiger partial charge in [0.05, 0.1) is 0 Å². The topological polar surface area (TPSA) is 75.2 Å². The van der Waals surface area contributed by atoms with Crippen LogP contribution >= 0.6 is 0 Å². The Bertz CT molecular complexity index is 832. The molecule has 2 amide bonds. The van der Waals surface area contributed by atoms with Crippen LogP contribution in [0.2, 0.25) is 0 Å². The predicted octanol–water partition coefficient (Wildman–Crippen LogP) is 2.71. The summed E-state index contributed by atoms with van der Waals surface area (Å²) in [7, 11) is 0. The molecule has 2 heterocycles. The number of carbonyl (C=O) groups is 2. The van der Waals surface area contributed by atoms with Gasteiger partial charge < -0.3 is 10.2 Å². The Morgan fingerprint density at radius 3 is 2.64 bits per heavy atom. The second-order valence-electron chi connectivity index (χ2n) is 6.72. The summed E-state index contributed by atoms with van der Waals surface area (Å²) < 4.78 is 0. The van der Waals surface area contributed by atoms with E-state index in [1.54, 1.807) is 18.0 Å². The highest BCUT2D eigenvalue weighted by atomic mass is 16.2. The third-order valence-corrected chi connectivity index (χ3v) is 4.42. The molecule has 1 aromatic carbocycles. The van der Waals surface area contributed by atoms with Crippen LogP contribution < -0.4 is 5.32 Å². The highest BCUT2D eigenvalue weighted by molar-refractivity contribution is 6.03. The van der Waals surface area contributed by atoms with Crippen LogP contribution in [0.3, 0.4) is 0 Å². The zero-order valence-corrected chi connectivity index (χ0v) is 14.9. The van der Waals surface area contributed by atoms with Crippen LogP contribution in [0.15, 0.2) is 30.5 Å². The summed E-state index contributed by atoms with van der Waals surface area (Å²) in [6.45, 7) is 7.95. The maximum absolute atomic E-state index is 12.9. The molecule has 2 aromatic rings. The molecule has 0 fully saturated rings. The third kappa shape index (κ3) is 3.24. The van der Waals surface area contributed by atoms with Crippen molar-refractivity contribution in [2.24, 2.45) is 5.92 Å². The van der Waals surface area contributed by atoms with E-state index >= 15 is 0 Å². The largest absolute Gasteiger partial charge is 0.322 e. The molecule has 6 nitrogen and oxygen atoms in total. The average Bonchev–Trinajstić information content (AvgIpc) is 2.88. The Hall–Kier alpha value is -2.76. The van der Waals surface area contributed by atoms with Crippen molar-refractivity contribution in [1.29, 1.82) is 0 Å². The molecule has 0 bridgehead atoms. The van der Waals surface area contributed by atoms with Gasteiger partial charge in [-0.1, -0.05) is 32.0 Å². The van der Waals surface area contributed by atoms with Gasteiger partial charge in [0.2, 0.25) is 5.91 Å². The van der Waals surface area contributed by atoms with E-state index in [-0.39, 0.29) is 17.7 Å². The first-order valence-electron chi connectivity index (χ1n) is 8.38. The summed E-state index contributed by atoms with van der Waals surface area (Å²) in [5.74, 6) is 0.734. The minimum Gasteiger partial charge on any atom is -0.322 e. The molecule has 0 saturated carbocycles. The normalized spacial score (nSPS) is 14.6. The van der Waals surface area contributed by atoms with Gasteiger partial charge in [-0.2, -0.15) is 0 Å². The molecule has 25 heavy (non-hydrogen) atoms. The molecule has 1 aliphatic rings. The van der Waals surface area contributed by atoms with Crippen LogP contribution in [0.4, 0.5) is 5.82 Å². The van der Waals surface area contributed by atoms with E-state index in [0.29, 0.717) is 23.8 Å². The minimum absolute atomic E-state index is 0.0264. The molecule has 0 radical (unpaired) electrons. The van der Waals surface area contributed by atoms with Crippen molar-refractivity contribution in [1.82, 2.24) is 14.9 Å². The number of anilines is 1. The lowest BCUT2D eigenvalue weighted by molar-refractivity contribution is -0.122. The second kappa shape index (κ2) is 6.63. The van der Waals surface area contributed by atoms with E-state index in [1.807, 2.05) is 45.0 Å². The maximum atomic E-state index is 12.9. The predicted molar refractivity (Wildman–Crippen MR) is 95.1 cm³/mol. The van der Waals surface area contributed by atoms with Crippen molar-refractivity contribution < 1.29 is 9.59 Å². The monoisotopic (exact) mass is 338 g/mol. The third-order valence-electron chi connectivity index (χ3n) is 4.42. The van der Waals surface area contributed by atoms with Gasteiger partial charge in [0.15, 0.2) is 0 Å². The molecule has 3 rings (SSSR count). The number of hydrogen-bond acceptors (Lipinski definition) is 4. The summed E-state index contributed by atoms with van der Waals surface area (Å²) in [5, 5.41) is 2.87. The van der Waals surface area contributed by atoms with Gasteiger partial charge in [0.1, 0.15) is 17.7 Å². The highest BCUT2D eigenvalue weighted by Gasteiger charge is 2.38. The SMILES string of the molecule is Cc1ncc(C)c(NC(=O)[C@@H](C(C)C)N2Cc3ccccc3C2=O)n1. The molecule has 0 aliphatic carbocycles. The number of rotatable bonds is 4. The molecule has 0 saturated heterocycles. The molecular formula is C19H22N4O2. The summed E-state index contributed by atoms with van der Waals surface area (Å²) in [4.78, 5) is 35.7. The molecule has 1 aromatic heterocycles. The fourth-order valence-corrected chi connectivity index (χ4v) is 3.15. The lowest BCUT2D eigenvalue weighted by Gasteiger charge is -2.29. The van der Waals surface area contributed by atoms with Gasteiger partial charge in [-0.15, -0.1) is 0 Å². The summed E-state index contributed by atoms with van der Waals surface area (Å²) in [6.07, 6.45) is 1.68. The van der Waals surface area contributed by atoms with Gasteiger partial charge in [0.25, 0.3) is 5.91 Å². The van der Waals surface area contributed by atoms with Crippen LogP contribution in [-0.2, 0) is 11.3 Å². The number of aromatic nitrogens is 2. The lowest BCUT2D eigenvalue weighted by atomic mass is 10.0. The van der Waals surface area contributed by atoms with Gasteiger partial charge in [-0.25, -0.2) is 9.97 Å². The first-order valence-corrected chi connectivity index (χ1v) is 8.38. The number of amides is 2. The Morgan fingerprint density at radius 2 is 1.96 bits per heavy atom.